The summed E-state index contributed by atoms with van der Waals surface area (Å²) in [4.78, 5) is 45.1. The molecular weight excluding hydrogens is 454 g/mol. The van der Waals surface area contributed by atoms with Crippen molar-refractivity contribution in [2.24, 2.45) is 13.0 Å². The van der Waals surface area contributed by atoms with Crippen LogP contribution in [0.2, 0.25) is 5.02 Å². The van der Waals surface area contributed by atoms with Gasteiger partial charge in [0.05, 0.1) is 12.5 Å². The lowest BCUT2D eigenvalue weighted by Crippen LogP contribution is -2.46. The van der Waals surface area contributed by atoms with Crippen molar-refractivity contribution in [3.63, 3.8) is 0 Å². The summed E-state index contributed by atoms with van der Waals surface area (Å²) in [5, 5.41) is 5.15. The molecule has 0 N–H and O–H groups in total. The SMILES string of the molecule is Cn1nc(C(=O)N2CCC[C@H](C(=O)N3CCCC3)C2)c2c1CCN(C(=O)c1ccc(Cl)cc1)C2. The Morgan fingerprint density at radius 3 is 2.35 bits per heavy atom. The minimum absolute atomic E-state index is 0.0844. The van der Waals surface area contributed by atoms with Crippen LogP contribution in [0.25, 0.3) is 0 Å². The average Bonchev–Trinajstić information content (AvgIpc) is 3.51. The molecule has 2 fully saturated rings. The molecule has 3 aliphatic rings. The summed E-state index contributed by atoms with van der Waals surface area (Å²) >= 11 is 5.97. The van der Waals surface area contributed by atoms with E-state index in [4.69, 9.17) is 11.6 Å². The molecule has 2 saturated heterocycles. The summed E-state index contributed by atoms with van der Waals surface area (Å²) in [7, 11) is 1.85. The Morgan fingerprint density at radius 2 is 1.62 bits per heavy atom. The third-order valence-corrected chi connectivity index (χ3v) is 7.55. The van der Waals surface area contributed by atoms with Crippen LogP contribution in [0, 0.1) is 5.92 Å². The number of nitrogens with zero attached hydrogens (tertiary/aromatic N) is 5. The Bertz CT molecular complexity index is 1110. The van der Waals surface area contributed by atoms with E-state index in [1.165, 1.54) is 0 Å². The Hall–Kier alpha value is -2.87. The van der Waals surface area contributed by atoms with Gasteiger partial charge in [-0.05, 0) is 49.9 Å². The fourth-order valence-electron chi connectivity index (χ4n) is 5.42. The third-order valence-electron chi connectivity index (χ3n) is 7.30. The monoisotopic (exact) mass is 483 g/mol. The maximum Gasteiger partial charge on any atom is 0.274 e. The molecule has 34 heavy (non-hydrogen) atoms. The van der Waals surface area contributed by atoms with E-state index >= 15 is 0 Å². The quantitative estimate of drug-likeness (QED) is 0.672. The van der Waals surface area contributed by atoms with Crippen molar-refractivity contribution in [2.45, 2.75) is 38.6 Å². The molecule has 3 aliphatic heterocycles. The minimum atomic E-state index is -0.142. The molecule has 0 saturated carbocycles. The zero-order valence-corrected chi connectivity index (χ0v) is 20.3. The van der Waals surface area contributed by atoms with Gasteiger partial charge in [0.25, 0.3) is 11.8 Å². The van der Waals surface area contributed by atoms with Gasteiger partial charge >= 0.3 is 0 Å². The van der Waals surface area contributed by atoms with Crippen molar-refractivity contribution in [1.29, 1.82) is 0 Å². The second-order valence-corrected chi connectivity index (χ2v) is 9.94. The molecule has 4 heterocycles. The first-order valence-electron chi connectivity index (χ1n) is 12.1. The number of hydrogen-bond donors (Lipinski definition) is 0. The summed E-state index contributed by atoms with van der Waals surface area (Å²) in [5.74, 6) is -0.188. The number of piperidine rings is 1. The fourth-order valence-corrected chi connectivity index (χ4v) is 5.55. The van der Waals surface area contributed by atoms with Crippen molar-refractivity contribution in [3.8, 4) is 0 Å². The van der Waals surface area contributed by atoms with E-state index in [1.54, 1.807) is 38.7 Å². The molecule has 9 heteroatoms. The van der Waals surface area contributed by atoms with E-state index in [-0.39, 0.29) is 23.6 Å². The van der Waals surface area contributed by atoms with Crippen LogP contribution < -0.4 is 0 Å². The normalized spacial score (nSPS) is 20.4. The molecule has 180 valence electrons. The molecule has 1 aromatic heterocycles. The number of rotatable bonds is 3. The van der Waals surface area contributed by atoms with E-state index in [1.807, 2.05) is 11.9 Å². The van der Waals surface area contributed by atoms with Gasteiger partial charge in [0, 0.05) is 68.0 Å². The van der Waals surface area contributed by atoms with Crippen molar-refractivity contribution in [1.82, 2.24) is 24.5 Å². The number of aromatic nitrogens is 2. The van der Waals surface area contributed by atoms with Gasteiger partial charge in [-0.3, -0.25) is 19.1 Å². The van der Waals surface area contributed by atoms with Gasteiger partial charge in [-0.15, -0.1) is 0 Å². The first-order valence-corrected chi connectivity index (χ1v) is 12.5. The summed E-state index contributed by atoms with van der Waals surface area (Å²) in [6, 6.07) is 6.86. The lowest BCUT2D eigenvalue weighted by Gasteiger charge is -2.34. The second-order valence-electron chi connectivity index (χ2n) is 9.50. The molecule has 5 rings (SSSR count). The number of fused-ring (bicyclic) bond motifs is 1. The zero-order valence-electron chi connectivity index (χ0n) is 19.5. The minimum Gasteiger partial charge on any atom is -0.342 e. The number of carbonyl (C=O) groups excluding carboxylic acids is 3. The van der Waals surface area contributed by atoms with Crippen LogP contribution in [0.4, 0.5) is 0 Å². The molecule has 3 amide bonds. The number of halogens is 1. The molecule has 1 atom stereocenters. The molecule has 2 aromatic rings. The van der Waals surface area contributed by atoms with Gasteiger partial charge in [-0.2, -0.15) is 5.10 Å². The number of hydrogen-bond acceptors (Lipinski definition) is 4. The van der Waals surface area contributed by atoms with Gasteiger partial charge in [-0.1, -0.05) is 11.6 Å². The number of benzene rings is 1. The van der Waals surface area contributed by atoms with Crippen molar-refractivity contribution < 1.29 is 14.4 Å². The van der Waals surface area contributed by atoms with Crippen LogP contribution in [-0.4, -0.2) is 74.9 Å². The first kappa shape index (κ1) is 22.9. The molecule has 0 aliphatic carbocycles. The average molecular weight is 484 g/mol. The molecule has 0 bridgehead atoms. The highest BCUT2D eigenvalue weighted by molar-refractivity contribution is 6.30. The summed E-state index contributed by atoms with van der Waals surface area (Å²) in [5.41, 5.74) is 2.78. The summed E-state index contributed by atoms with van der Waals surface area (Å²) in [6.45, 7) is 3.63. The topological polar surface area (TPSA) is 78.8 Å². The van der Waals surface area contributed by atoms with Gasteiger partial charge in [0.15, 0.2) is 5.69 Å². The van der Waals surface area contributed by atoms with E-state index in [0.717, 1.165) is 50.0 Å². The third kappa shape index (κ3) is 4.31. The van der Waals surface area contributed by atoms with Gasteiger partial charge in [-0.25, -0.2) is 0 Å². The Labute approximate surface area is 204 Å². The van der Waals surface area contributed by atoms with Crippen LogP contribution in [0.5, 0.6) is 0 Å². The maximum atomic E-state index is 13.6. The van der Waals surface area contributed by atoms with E-state index in [9.17, 15) is 14.4 Å². The lowest BCUT2D eigenvalue weighted by atomic mass is 9.95. The molecule has 0 spiro atoms. The molecule has 0 radical (unpaired) electrons. The van der Waals surface area contributed by atoms with E-state index in [0.29, 0.717) is 48.9 Å². The lowest BCUT2D eigenvalue weighted by molar-refractivity contribution is -0.135. The molecule has 8 nitrogen and oxygen atoms in total. The highest BCUT2D eigenvalue weighted by Gasteiger charge is 2.36. The highest BCUT2D eigenvalue weighted by Crippen LogP contribution is 2.27. The van der Waals surface area contributed by atoms with Crippen LogP contribution in [0.1, 0.15) is 57.8 Å². The Morgan fingerprint density at radius 1 is 0.912 bits per heavy atom. The van der Waals surface area contributed by atoms with Crippen molar-refractivity contribution in [2.75, 3.05) is 32.7 Å². The van der Waals surface area contributed by atoms with Crippen LogP contribution in [0.15, 0.2) is 24.3 Å². The van der Waals surface area contributed by atoms with Crippen molar-refractivity contribution >= 4 is 29.3 Å². The zero-order chi connectivity index (χ0) is 23.8. The Balaban J connectivity index is 1.33. The number of amides is 3. The van der Waals surface area contributed by atoms with Crippen LogP contribution in [-0.2, 0) is 24.8 Å². The summed E-state index contributed by atoms with van der Waals surface area (Å²) in [6.07, 6.45) is 4.40. The molecule has 0 unspecified atom stereocenters. The molecule has 1 aromatic carbocycles. The second kappa shape index (κ2) is 9.41. The first-order chi connectivity index (χ1) is 16.4. The number of likely N-dealkylation sites (tertiary alicyclic amines) is 2. The maximum absolute atomic E-state index is 13.6. The van der Waals surface area contributed by atoms with E-state index < -0.39 is 0 Å². The summed E-state index contributed by atoms with van der Waals surface area (Å²) < 4.78 is 1.77. The number of aryl methyl sites for hydroxylation is 1. The Kier molecular flexibility index (Phi) is 6.34. The van der Waals surface area contributed by atoms with Crippen LogP contribution >= 0.6 is 11.6 Å². The standard InChI is InChI=1S/C25H30ClN5O3/c1-28-21-10-14-31(23(32)17-6-8-19(26)9-7-17)16-20(21)22(27-28)25(34)30-13-4-5-18(15-30)24(33)29-11-2-3-12-29/h6-9,18H,2-5,10-16H2,1H3/t18-/m0/s1. The molecular formula is C25H30ClN5O3. The smallest absolute Gasteiger partial charge is 0.274 e. The predicted octanol–water partition coefficient (Wildman–Crippen LogP) is 2.75. The van der Waals surface area contributed by atoms with E-state index in [2.05, 4.69) is 5.10 Å². The van der Waals surface area contributed by atoms with Gasteiger partial charge in [0.1, 0.15) is 0 Å². The largest absolute Gasteiger partial charge is 0.342 e. The van der Waals surface area contributed by atoms with Gasteiger partial charge < -0.3 is 14.7 Å². The van der Waals surface area contributed by atoms with Crippen LogP contribution in [0.3, 0.4) is 0 Å². The predicted molar refractivity (Wildman–Crippen MR) is 128 cm³/mol. The van der Waals surface area contributed by atoms with Gasteiger partial charge in [0.2, 0.25) is 5.91 Å². The fraction of sp³-hybridized carbons (Fsp3) is 0.520. The van der Waals surface area contributed by atoms with Crippen molar-refractivity contribution in [3.05, 3.63) is 51.8 Å². The highest BCUT2D eigenvalue weighted by atomic mass is 35.5. The number of carbonyl (C=O) groups is 3.